The zero-order chi connectivity index (χ0) is 19.3. The van der Waals surface area contributed by atoms with E-state index >= 15 is 0 Å². The summed E-state index contributed by atoms with van der Waals surface area (Å²) in [5.41, 5.74) is 0.885. The molecule has 0 saturated carbocycles. The van der Waals surface area contributed by atoms with E-state index in [0.717, 1.165) is 68.0 Å². The number of carbonyl (C=O) groups is 1. The summed E-state index contributed by atoms with van der Waals surface area (Å²) in [6.45, 7) is 7.37. The van der Waals surface area contributed by atoms with Crippen LogP contribution in [0.3, 0.4) is 0 Å². The molecule has 4 heterocycles. The lowest BCUT2D eigenvalue weighted by molar-refractivity contribution is -0.130. The van der Waals surface area contributed by atoms with Gasteiger partial charge < -0.3 is 14.7 Å². The van der Waals surface area contributed by atoms with Gasteiger partial charge in [-0.2, -0.15) is 0 Å². The Balaban J connectivity index is 1.37. The first-order chi connectivity index (χ1) is 13.7. The summed E-state index contributed by atoms with van der Waals surface area (Å²) in [7, 11) is 0. The normalized spacial score (nSPS) is 18.2. The smallest absolute Gasteiger partial charge is 0.228 e. The van der Waals surface area contributed by atoms with Crippen LogP contribution in [0.1, 0.15) is 36.4 Å². The molecule has 0 radical (unpaired) electrons. The maximum atomic E-state index is 12.7. The van der Waals surface area contributed by atoms with Gasteiger partial charge in [-0.25, -0.2) is 15.0 Å². The van der Waals surface area contributed by atoms with E-state index in [2.05, 4.69) is 30.8 Å². The summed E-state index contributed by atoms with van der Waals surface area (Å²) in [6.07, 6.45) is 6.81. The highest BCUT2D eigenvalue weighted by molar-refractivity contribution is 7.09. The minimum absolute atomic E-state index is 0.170. The molecule has 4 rings (SSSR count). The number of aromatic nitrogens is 3. The molecule has 0 N–H and O–H groups in total. The molecule has 0 aromatic carbocycles. The number of hydrogen-bond donors (Lipinski definition) is 0. The van der Waals surface area contributed by atoms with Crippen molar-refractivity contribution in [2.75, 3.05) is 49.1 Å². The monoisotopic (exact) mass is 400 g/mol. The zero-order valence-corrected chi connectivity index (χ0v) is 17.3. The van der Waals surface area contributed by atoms with Crippen LogP contribution in [0.4, 0.5) is 11.6 Å². The molecular weight excluding hydrogens is 372 g/mol. The molecule has 0 atom stereocenters. The van der Waals surface area contributed by atoms with Crippen molar-refractivity contribution in [3.63, 3.8) is 0 Å². The maximum Gasteiger partial charge on any atom is 0.228 e. The highest BCUT2D eigenvalue weighted by Crippen LogP contribution is 2.22. The topological polar surface area (TPSA) is 65.5 Å². The van der Waals surface area contributed by atoms with Gasteiger partial charge in [-0.3, -0.25) is 4.79 Å². The van der Waals surface area contributed by atoms with E-state index in [1.807, 2.05) is 17.2 Å². The molecule has 0 unspecified atom stereocenters. The molecule has 2 aliphatic heterocycles. The van der Waals surface area contributed by atoms with Crippen molar-refractivity contribution >= 4 is 28.9 Å². The molecule has 0 aliphatic carbocycles. The number of thiazole rings is 1. The summed E-state index contributed by atoms with van der Waals surface area (Å²) >= 11 is 1.60. The summed E-state index contributed by atoms with van der Waals surface area (Å²) in [5, 5.41) is 3.00. The average molecular weight is 401 g/mol. The largest absolute Gasteiger partial charge is 0.356 e. The predicted octanol–water partition coefficient (Wildman–Crippen LogP) is 2.51. The number of carbonyl (C=O) groups excluding carboxylic acids is 1. The fraction of sp³-hybridized carbons (Fsp3) is 0.600. The molecule has 1 amide bonds. The van der Waals surface area contributed by atoms with Gasteiger partial charge >= 0.3 is 0 Å². The molecular formula is C20H28N6OS. The fourth-order valence-electron chi connectivity index (χ4n) is 3.96. The number of amides is 1. The third-order valence-corrected chi connectivity index (χ3v) is 6.31. The summed E-state index contributed by atoms with van der Waals surface area (Å²) in [4.78, 5) is 32.7. The maximum absolute atomic E-state index is 12.7. The summed E-state index contributed by atoms with van der Waals surface area (Å²) in [5.74, 6) is 2.17. The van der Waals surface area contributed by atoms with Crippen LogP contribution in [0, 0.1) is 6.92 Å². The van der Waals surface area contributed by atoms with Gasteiger partial charge in [-0.05, 0) is 32.6 Å². The van der Waals surface area contributed by atoms with E-state index in [1.165, 1.54) is 19.3 Å². The van der Waals surface area contributed by atoms with E-state index in [9.17, 15) is 4.79 Å². The minimum atomic E-state index is 0.170. The van der Waals surface area contributed by atoms with E-state index < -0.39 is 0 Å². The highest BCUT2D eigenvalue weighted by Gasteiger charge is 2.21. The van der Waals surface area contributed by atoms with Gasteiger partial charge in [-0.1, -0.05) is 0 Å². The van der Waals surface area contributed by atoms with Gasteiger partial charge in [0.25, 0.3) is 0 Å². The molecule has 2 fully saturated rings. The SMILES string of the molecule is Cc1nc(CC(=O)N2CCCN(c3cc(N4CCCCC4)ncn3)CC2)cs1. The van der Waals surface area contributed by atoms with Crippen LogP contribution in [0.25, 0.3) is 0 Å². The lowest BCUT2D eigenvalue weighted by Crippen LogP contribution is -2.36. The number of aryl methyl sites for hydroxylation is 1. The van der Waals surface area contributed by atoms with Crippen LogP contribution in [-0.4, -0.2) is 65.0 Å². The second-order valence-corrected chi connectivity index (χ2v) is 8.60. The minimum Gasteiger partial charge on any atom is -0.356 e. The Morgan fingerprint density at radius 1 is 0.964 bits per heavy atom. The van der Waals surface area contributed by atoms with Crippen molar-refractivity contribution in [1.82, 2.24) is 19.9 Å². The Morgan fingerprint density at radius 2 is 1.68 bits per heavy atom. The molecule has 150 valence electrons. The summed E-state index contributed by atoms with van der Waals surface area (Å²) < 4.78 is 0. The van der Waals surface area contributed by atoms with Crippen molar-refractivity contribution in [3.8, 4) is 0 Å². The molecule has 2 saturated heterocycles. The van der Waals surface area contributed by atoms with Crippen LogP contribution in [0.15, 0.2) is 17.8 Å². The second kappa shape index (κ2) is 8.86. The van der Waals surface area contributed by atoms with Crippen molar-refractivity contribution in [1.29, 1.82) is 0 Å². The number of anilines is 2. The van der Waals surface area contributed by atoms with Crippen LogP contribution < -0.4 is 9.80 Å². The van der Waals surface area contributed by atoms with Gasteiger partial charge in [0.15, 0.2) is 0 Å². The van der Waals surface area contributed by atoms with Gasteiger partial charge in [0.1, 0.15) is 18.0 Å². The van der Waals surface area contributed by atoms with Crippen molar-refractivity contribution in [2.45, 2.75) is 39.0 Å². The Kier molecular flexibility index (Phi) is 6.04. The van der Waals surface area contributed by atoms with E-state index in [1.54, 1.807) is 17.7 Å². The number of hydrogen-bond acceptors (Lipinski definition) is 7. The van der Waals surface area contributed by atoms with Gasteiger partial charge in [0, 0.05) is 50.7 Å². The highest BCUT2D eigenvalue weighted by atomic mass is 32.1. The Labute approximate surface area is 170 Å². The predicted molar refractivity (Wildman–Crippen MR) is 112 cm³/mol. The number of nitrogens with zero attached hydrogens (tertiary/aromatic N) is 6. The first kappa shape index (κ1) is 19.1. The van der Waals surface area contributed by atoms with E-state index in [4.69, 9.17) is 0 Å². The molecule has 28 heavy (non-hydrogen) atoms. The fourth-order valence-corrected chi connectivity index (χ4v) is 4.57. The van der Waals surface area contributed by atoms with Gasteiger partial charge in [0.05, 0.1) is 17.1 Å². The molecule has 2 aromatic heterocycles. The molecule has 2 aromatic rings. The second-order valence-electron chi connectivity index (χ2n) is 7.54. The van der Waals surface area contributed by atoms with Crippen molar-refractivity contribution in [3.05, 3.63) is 28.5 Å². The zero-order valence-electron chi connectivity index (χ0n) is 16.5. The Morgan fingerprint density at radius 3 is 2.39 bits per heavy atom. The van der Waals surface area contributed by atoms with Crippen molar-refractivity contribution in [2.24, 2.45) is 0 Å². The van der Waals surface area contributed by atoms with Crippen LogP contribution >= 0.6 is 11.3 Å². The Bertz CT molecular complexity index is 803. The quantitative estimate of drug-likeness (QED) is 0.786. The lowest BCUT2D eigenvalue weighted by atomic mass is 10.1. The number of rotatable bonds is 4. The third-order valence-electron chi connectivity index (χ3n) is 5.49. The molecule has 2 aliphatic rings. The number of piperidine rings is 1. The summed E-state index contributed by atoms with van der Waals surface area (Å²) in [6, 6.07) is 2.11. The van der Waals surface area contributed by atoms with Gasteiger partial charge in [-0.15, -0.1) is 11.3 Å². The molecule has 8 heteroatoms. The molecule has 0 spiro atoms. The van der Waals surface area contributed by atoms with E-state index in [-0.39, 0.29) is 5.91 Å². The first-order valence-electron chi connectivity index (χ1n) is 10.2. The first-order valence-corrected chi connectivity index (χ1v) is 11.1. The Hall–Kier alpha value is -2.22. The average Bonchev–Trinajstić information content (AvgIpc) is 2.99. The molecule has 0 bridgehead atoms. The third kappa shape index (κ3) is 4.60. The van der Waals surface area contributed by atoms with Crippen LogP contribution in [-0.2, 0) is 11.2 Å². The van der Waals surface area contributed by atoms with Crippen LogP contribution in [0.5, 0.6) is 0 Å². The van der Waals surface area contributed by atoms with E-state index in [0.29, 0.717) is 6.42 Å². The van der Waals surface area contributed by atoms with Crippen LogP contribution in [0.2, 0.25) is 0 Å². The van der Waals surface area contributed by atoms with Gasteiger partial charge in [0.2, 0.25) is 5.91 Å². The van der Waals surface area contributed by atoms with Crippen molar-refractivity contribution < 1.29 is 4.79 Å². The lowest BCUT2D eigenvalue weighted by Gasteiger charge is -2.29. The standard InChI is InChI=1S/C20H28N6OS/c1-16-23-17(14-28-16)12-20(27)26-9-5-8-25(10-11-26)19-13-18(21-15-22-19)24-6-3-2-4-7-24/h13-15H,2-12H2,1H3. The molecule has 7 nitrogen and oxygen atoms in total.